The summed E-state index contributed by atoms with van der Waals surface area (Å²) in [6.45, 7) is 5.34. The largest absolute Gasteiger partial charge is 0.512 e. The minimum absolute atomic E-state index is 0.271. The highest BCUT2D eigenvalue weighted by molar-refractivity contribution is 5.98. The highest BCUT2D eigenvalue weighted by atomic mass is 16.7. The van der Waals surface area contributed by atoms with Gasteiger partial charge in [-0.1, -0.05) is 74.6 Å². The Morgan fingerprint density at radius 1 is 0.878 bits per heavy atom. The van der Waals surface area contributed by atoms with E-state index in [1.165, 1.54) is 38.5 Å². The van der Waals surface area contributed by atoms with Crippen molar-refractivity contribution in [2.75, 3.05) is 13.2 Å². The van der Waals surface area contributed by atoms with E-state index in [9.17, 15) is 9.90 Å². The van der Waals surface area contributed by atoms with Crippen molar-refractivity contribution in [2.45, 2.75) is 71.6 Å². The number of fused-ring (bicyclic) bond motifs is 1. The third-order valence-electron chi connectivity index (χ3n) is 8.14. The second kappa shape index (κ2) is 13.6. The predicted octanol–water partition coefficient (Wildman–Crippen LogP) is 9.26. The average molecular weight is 556 g/mol. The Hall–Kier alpha value is -3.93. The molecular formula is C35H41NO5. The van der Waals surface area contributed by atoms with E-state index in [2.05, 4.69) is 37.0 Å². The van der Waals surface area contributed by atoms with Crippen LogP contribution in [0.25, 0.3) is 22.0 Å². The van der Waals surface area contributed by atoms with Gasteiger partial charge in [-0.3, -0.25) is 0 Å². The molecule has 6 nitrogen and oxygen atoms in total. The van der Waals surface area contributed by atoms with Gasteiger partial charge in [0.2, 0.25) is 5.88 Å². The quantitative estimate of drug-likeness (QED) is 0.134. The summed E-state index contributed by atoms with van der Waals surface area (Å²) < 4.78 is 17.4. The zero-order valence-electron chi connectivity index (χ0n) is 24.2. The number of carboxylic acid groups (broad SMARTS) is 1. The van der Waals surface area contributed by atoms with E-state index in [1.54, 1.807) is 0 Å². The maximum atomic E-state index is 11.5. The number of carbonyl (C=O) groups is 1. The van der Waals surface area contributed by atoms with E-state index >= 15 is 0 Å². The Kier molecular flexibility index (Phi) is 9.50. The fourth-order valence-electron chi connectivity index (χ4n) is 6.13. The van der Waals surface area contributed by atoms with Crippen molar-refractivity contribution in [1.82, 2.24) is 4.98 Å². The number of H-pyrrole nitrogens is 1. The SMILES string of the molecule is Cc1cc(OCCCc2c(OC(=O)O)[nH]c3c(-c4ccccc4C)cccc23)cc(OCCCC2CCCCC2)c1. The van der Waals surface area contributed by atoms with Gasteiger partial charge in [0, 0.05) is 22.6 Å². The molecule has 1 aliphatic carbocycles. The molecule has 0 amide bonds. The summed E-state index contributed by atoms with van der Waals surface area (Å²) in [6.07, 6.45) is 9.22. The molecular weight excluding hydrogens is 514 g/mol. The second-order valence-electron chi connectivity index (χ2n) is 11.3. The number of aryl methyl sites for hydroxylation is 3. The molecule has 1 aromatic heterocycles. The molecule has 3 aromatic carbocycles. The van der Waals surface area contributed by atoms with Gasteiger partial charge in [0.25, 0.3) is 0 Å². The molecule has 1 fully saturated rings. The first-order valence-corrected chi connectivity index (χ1v) is 15.0. The van der Waals surface area contributed by atoms with Gasteiger partial charge in [-0.25, -0.2) is 4.79 Å². The topological polar surface area (TPSA) is 80.8 Å². The number of nitrogens with one attached hydrogen (secondary N) is 1. The van der Waals surface area contributed by atoms with Crippen LogP contribution in [0, 0.1) is 19.8 Å². The van der Waals surface area contributed by atoms with Gasteiger partial charge >= 0.3 is 6.16 Å². The molecule has 1 heterocycles. The Morgan fingerprint density at radius 3 is 2.32 bits per heavy atom. The van der Waals surface area contributed by atoms with Gasteiger partial charge in [-0.15, -0.1) is 0 Å². The monoisotopic (exact) mass is 555 g/mol. The van der Waals surface area contributed by atoms with Crippen LogP contribution < -0.4 is 14.2 Å². The van der Waals surface area contributed by atoms with E-state index < -0.39 is 6.16 Å². The molecule has 0 unspecified atom stereocenters. The summed E-state index contributed by atoms with van der Waals surface area (Å²) in [5.41, 5.74) is 6.08. The molecule has 0 spiro atoms. The Labute approximate surface area is 242 Å². The highest BCUT2D eigenvalue weighted by Gasteiger charge is 2.19. The summed E-state index contributed by atoms with van der Waals surface area (Å²) in [5, 5.41) is 10.3. The summed E-state index contributed by atoms with van der Waals surface area (Å²) >= 11 is 0. The number of benzene rings is 3. The maximum Gasteiger partial charge on any atom is 0.512 e. The third kappa shape index (κ3) is 7.43. The van der Waals surface area contributed by atoms with E-state index in [4.69, 9.17) is 14.2 Å². The molecule has 0 radical (unpaired) electrons. The van der Waals surface area contributed by atoms with Crippen LogP contribution in [0.5, 0.6) is 17.4 Å². The lowest BCUT2D eigenvalue weighted by Crippen LogP contribution is -2.08. The van der Waals surface area contributed by atoms with Crippen molar-refractivity contribution in [3.8, 4) is 28.5 Å². The smallest absolute Gasteiger partial charge is 0.493 e. The number of aromatic amines is 1. The van der Waals surface area contributed by atoms with Crippen LogP contribution in [0.3, 0.4) is 0 Å². The van der Waals surface area contributed by atoms with Crippen molar-refractivity contribution in [1.29, 1.82) is 0 Å². The number of hydrogen-bond acceptors (Lipinski definition) is 4. The van der Waals surface area contributed by atoms with Crippen LogP contribution in [0.4, 0.5) is 4.79 Å². The van der Waals surface area contributed by atoms with Crippen molar-refractivity contribution < 1.29 is 24.1 Å². The molecule has 216 valence electrons. The van der Waals surface area contributed by atoms with Crippen LogP contribution in [0.15, 0.2) is 60.7 Å². The highest BCUT2D eigenvalue weighted by Crippen LogP contribution is 2.37. The van der Waals surface area contributed by atoms with Crippen molar-refractivity contribution >= 4 is 17.1 Å². The minimum Gasteiger partial charge on any atom is -0.493 e. The predicted molar refractivity (Wildman–Crippen MR) is 163 cm³/mol. The molecule has 4 aromatic rings. The van der Waals surface area contributed by atoms with E-state index in [1.807, 2.05) is 42.5 Å². The molecule has 1 aliphatic rings. The number of ether oxygens (including phenoxy) is 3. The van der Waals surface area contributed by atoms with Gasteiger partial charge < -0.3 is 24.3 Å². The number of aromatic nitrogens is 1. The third-order valence-corrected chi connectivity index (χ3v) is 8.14. The Morgan fingerprint density at radius 2 is 1.59 bits per heavy atom. The van der Waals surface area contributed by atoms with Crippen LogP contribution in [0.1, 0.15) is 68.1 Å². The minimum atomic E-state index is -1.34. The standard InChI is InChI=1S/C35H41NO5/c1-24-21-27(39-19-9-14-26-12-4-3-5-13-26)23-28(22-24)40-20-10-18-32-31-17-8-16-30(29-15-7-6-11-25(29)2)33(31)36-34(32)41-35(37)38/h6-8,11,15-17,21-23,26,36H,3-5,9-10,12-14,18-20H2,1-2H3,(H,37,38). The fraction of sp³-hybridized carbons (Fsp3) is 0.400. The fourth-order valence-corrected chi connectivity index (χ4v) is 6.13. The molecule has 0 atom stereocenters. The molecule has 1 saturated carbocycles. The van der Waals surface area contributed by atoms with Crippen LogP contribution in [-0.2, 0) is 6.42 Å². The molecule has 2 N–H and O–H groups in total. The van der Waals surface area contributed by atoms with Crippen LogP contribution in [0.2, 0.25) is 0 Å². The van der Waals surface area contributed by atoms with E-state index in [0.717, 1.165) is 69.2 Å². The van der Waals surface area contributed by atoms with Crippen molar-refractivity contribution in [3.05, 3.63) is 77.4 Å². The van der Waals surface area contributed by atoms with Crippen LogP contribution >= 0.6 is 0 Å². The zero-order valence-corrected chi connectivity index (χ0v) is 24.2. The number of rotatable bonds is 12. The first kappa shape index (κ1) is 28.6. The maximum absolute atomic E-state index is 11.5. The molecule has 5 rings (SSSR count). The van der Waals surface area contributed by atoms with Crippen molar-refractivity contribution in [3.63, 3.8) is 0 Å². The van der Waals surface area contributed by atoms with Crippen molar-refractivity contribution in [2.24, 2.45) is 5.92 Å². The van der Waals surface area contributed by atoms with Gasteiger partial charge in [0.1, 0.15) is 11.5 Å². The number of hydrogen-bond donors (Lipinski definition) is 2. The van der Waals surface area contributed by atoms with Gasteiger partial charge in [0.15, 0.2) is 0 Å². The molecule has 0 bridgehead atoms. The lowest BCUT2D eigenvalue weighted by molar-refractivity contribution is 0.142. The van der Waals surface area contributed by atoms with Gasteiger partial charge in [-0.2, -0.15) is 0 Å². The first-order valence-electron chi connectivity index (χ1n) is 15.0. The lowest BCUT2D eigenvalue weighted by Gasteiger charge is -2.21. The summed E-state index contributed by atoms with van der Waals surface area (Å²) in [6, 6.07) is 20.3. The molecule has 0 aliphatic heterocycles. The van der Waals surface area contributed by atoms with E-state index in [-0.39, 0.29) is 5.88 Å². The van der Waals surface area contributed by atoms with Gasteiger partial charge in [-0.05, 0) is 74.3 Å². The summed E-state index contributed by atoms with van der Waals surface area (Å²) in [5.74, 6) is 2.78. The summed E-state index contributed by atoms with van der Waals surface area (Å²) in [4.78, 5) is 14.7. The van der Waals surface area contributed by atoms with Crippen LogP contribution in [-0.4, -0.2) is 29.5 Å². The molecule has 41 heavy (non-hydrogen) atoms. The van der Waals surface area contributed by atoms with Gasteiger partial charge in [0.05, 0.1) is 18.7 Å². The van der Waals surface area contributed by atoms with E-state index in [0.29, 0.717) is 19.4 Å². The zero-order chi connectivity index (χ0) is 28.6. The summed E-state index contributed by atoms with van der Waals surface area (Å²) in [7, 11) is 0. The molecule has 0 saturated heterocycles. The lowest BCUT2D eigenvalue weighted by atomic mass is 9.86. The average Bonchev–Trinajstić information content (AvgIpc) is 3.30. The Balaban J connectivity index is 1.22. The normalized spacial score (nSPS) is 13.8. The second-order valence-corrected chi connectivity index (χ2v) is 11.3. The molecule has 6 heteroatoms. The Bertz CT molecular complexity index is 1470. The number of para-hydroxylation sites is 1. The first-order chi connectivity index (χ1) is 20.0.